The summed E-state index contributed by atoms with van der Waals surface area (Å²) in [5.41, 5.74) is 5.55. The molecule has 160 valence electrons. The van der Waals surface area contributed by atoms with E-state index in [0.717, 1.165) is 21.9 Å². The van der Waals surface area contributed by atoms with Gasteiger partial charge in [0.25, 0.3) is 5.65 Å². The molecule has 0 radical (unpaired) electrons. The maximum Gasteiger partial charge on any atom is 0.294 e. The minimum absolute atomic E-state index is 0.931. The van der Waals surface area contributed by atoms with E-state index in [2.05, 4.69) is 114 Å². The second-order valence-electron chi connectivity index (χ2n) is 9.42. The van der Waals surface area contributed by atoms with Gasteiger partial charge in [0.2, 0.25) is 0 Å². The van der Waals surface area contributed by atoms with Crippen LogP contribution in [0.15, 0.2) is 95.7 Å². The first-order valence-electron chi connectivity index (χ1n) is 11.7. The number of fused-ring (bicyclic) bond motifs is 12. The van der Waals surface area contributed by atoms with E-state index in [1.54, 1.807) is 0 Å². The molecule has 0 bridgehead atoms. The van der Waals surface area contributed by atoms with Crippen LogP contribution in [0.4, 0.5) is 0 Å². The van der Waals surface area contributed by atoms with Crippen LogP contribution in [0, 0.1) is 6.92 Å². The maximum absolute atomic E-state index is 6.46. The molecule has 0 atom stereocenters. The fourth-order valence-corrected chi connectivity index (χ4v) is 5.88. The summed E-state index contributed by atoms with van der Waals surface area (Å²) >= 11 is 0. The second-order valence-corrected chi connectivity index (χ2v) is 9.42. The van der Waals surface area contributed by atoms with Crippen LogP contribution in [-0.4, -0.2) is 4.40 Å². The Hall–Kier alpha value is -4.37. The van der Waals surface area contributed by atoms with Crippen LogP contribution in [-0.2, 0) is 7.05 Å². The zero-order valence-corrected chi connectivity index (χ0v) is 19.0. The van der Waals surface area contributed by atoms with Gasteiger partial charge in [0.1, 0.15) is 29.1 Å². The zero-order valence-electron chi connectivity index (χ0n) is 19.0. The molecule has 0 aliphatic carbocycles. The average Bonchev–Trinajstić information content (AvgIpc) is 3.41. The highest BCUT2D eigenvalue weighted by Crippen LogP contribution is 2.39. The zero-order chi connectivity index (χ0) is 22.6. The van der Waals surface area contributed by atoms with Gasteiger partial charge in [-0.1, -0.05) is 54.6 Å². The van der Waals surface area contributed by atoms with Crippen molar-refractivity contribution in [3.63, 3.8) is 0 Å². The van der Waals surface area contributed by atoms with Gasteiger partial charge in [-0.15, -0.1) is 0 Å². The van der Waals surface area contributed by atoms with Crippen molar-refractivity contribution in [1.82, 2.24) is 4.40 Å². The molecule has 0 spiro atoms. The summed E-state index contributed by atoms with van der Waals surface area (Å²) in [5.74, 6) is 0. The lowest BCUT2D eigenvalue weighted by Crippen LogP contribution is -2.26. The predicted molar refractivity (Wildman–Crippen MR) is 141 cm³/mol. The highest BCUT2D eigenvalue weighted by Gasteiger charge is 2.21. The van der Waals surface area contributed by atoms with Gasteiger partial charge in [-0.05, 0) is 58.3 Å². The summed E-state index contributed by atoms with van der Waals surface area (Å²) in [6, 6.07) is 28.6. The van der Waals surface area contributed by atoms with Crippen LogP contribution < -0.4 is 4.57 Å². The van der Waals surface area contributed by atoms with Crippen molar-refractivity contribution < 1.29 is 8.98 Å². The predicted octanol–water partition coefficient (Wildman–Crippen LogP) is 7.58. The van der Waals surface area contributed by atoms with Crippen LogP contribution in [0.1, 0.15) is 5.56 Å². The summed E-state index contributed by atoms with van der Waals surface area (Å²) < 4.78 is 11.0. The van der Waals surface area contributed by atoms with Crippen molar-refractivity contribution in [2.24, 2.45) is 7.05 Å². The van der Waals surface area contributed by atoms with Crippen molar-refractivity contribution in [2.75, 3.05) is 0 Å². The number of rotatable bonds is 0. The van der Waals surface area contributed by atoms with Gasteiger partial charge >= 0.3 is 0 Å². The molecule has 8 rings (SSSR count). The Morgan fingerprint density at radius 2 is 1.47 bits per heavy atom. The van der Waals surface area contributed by atoms with Gasteiger partial charge in [0.15, 0.2) is 0 Å². The van der Waals surface area contributed by atoms with Crippen LogP contribution in [0.2, 0.25) is 0 Å². The molecule has 3 heterocycles. The van der Waals surface area contributed by atoms with Crippen LogP contribution in [0.3, 0.4) is 0 Å². The first kappa shape index (κ1) is 18.1. The Morgan fingerprint density at radius 1 is 0.676 bits per heavy atom. The SMILES string of the molecule is Cc1cccc2c3cc4oc5cc6ccc7ccccc7c6cc5c4cc3n3cc[n+](C)c3c12. The number of nitrogens with zero attached hydrogens (tertiary/aromatic N) is 2. The number of benzene rings is 5. The molecule has 3 aromatic heterocycles. The number of imidazole rings is 1. The summed E-state index contributed by atoms with van der Waals surface area (Å²) in [4.78, 5) is 0. The largest absolute Gasteiger partial charge is 0.456 e. The van der Waals surface area contributed by atoms with Crippen molar-refractivity contribution in [3.05, 3.63) is 96.8 Å². The highest BCUT2D eigenvalue weighted by molar-refractivity contribution is 6.20. The molecule has 34 heavy (non-hydrogen) atoms. The molecular weight excluding hydrogens is 416 g/mol. The quantitative estimate of drug-likeness (QED) is 0.177. The lowest BCUT2D eigenvalue weighted by atomic mass is 9.98. The third-order valence-electron chi connectivity index (χ3n) is 7.50. The first-order valence-corrected chi connectivity index (χ1v) is 11.7. The molecule has 0 amide bonds. The maximum atomic E-state index is 6.46. The van der Waals surface area contributed by atoms with Crippen molar-refractivity contribution in [3.8, 4) is 0 Å². The third kappa shape index (κ3) is 2.19. The lowest BCUT2D eigenvalue weighted by Gasteiger charge is -2.07. The number of aryl methyl sites for hydroxylation is 2. The number of furan rings is 1. The van der Waals surface area contributed by atoms with Crippen LogP contribution in [0.5, 0.6) is 0 Å². The molecule has 0 fully saturated rings. The molecule has 0 N–H and O–H groups in total. The number of pyridine rings is 1. The molecule has 0 saturated heterocycles. The Bertz CT molecular complexity index is 2140. The van der Waals surface area contributed by atoms with E-state index in [1.807, 2.05) is 0 Å². The molecule has 5 aromatic carbocycles. The fourth-order valence-electron chi connectivity index (χ4n) is 5.88. The highest BCUT2D eigenvalue weighted by atomic mass is 16.3. The van der Waals surface area contributed by atoms with Crippen molar-refractivity contribution in [2.45, 2.75) is 6.92 Å². The smallest absolute Gasteiger partial charge is 0.294 e. The van der Waals surface area contributed by atoms with Crippen LogP contribution in [0.25, 0.3) is 70.8 Å². The van der Waals surface area contributed by atoms with Gasteiger partial charge < -0.3 is 4.42 Å². The Morgan fingerprint density at radius 3 is 2.41 bits per heavy atom. The topological polar surface area (TPSA) is 21.4 Å². The standard InChI is InChI=1S/C31H21N2O/c1-18-6-5-9-22-24-17-29-26(16-27(24)33-13-12-32(2)31(33)30(18)22)25-15-23-20(14-28(25)34-29)11-10-19-7-3-4-8-21(19)23/h3-17H,1-2H3/q+1. The van der Waals surface area contributed by atoms with E-state index in [9.17, 15) is 0 Å². The van der Waals surface area contributed by atoms with Gasteiger partial charge in [-0.3, -0.25) is 0 Å². The molecule has 8 aromatic rings. The van der Waals surface area contributed by atoms with E-state index in [-0.39, 0.29) is 0 Å². The lowest BCUT2D eigenvalue weighted by molar-refractivity contribution is -0.643. The Labute approximate surface area is 195 Å². The van der Waals surface area contributed by atoms with E-state index < -0.39 is 0 Å². The van der Waals surface area contributed by atoms with Gasteiger partial charge in [0.05, 0.1) is 12.4 Å². The van der Waals surface area contributed by atoms with E-state index in [4.69, 9.17) is 4.42 Å². The first-order chi connectivity index (χ1) is 16.7. The van der Waals surface area contributed by atoms with E-state index >= 15 is 0 Å². The Kier molecular flexibility index (Phi) is 3.27. The van der Waals surface area contributed by atoms with Crippen molar-refractivity contribution in [1.29, 1.82) is 0 Å². The van der Waals surface area contributed by atoms with Crippen molar-refractivity contribution >= 4 is 70.8 Å². The molecule has 0 saturated carbocycles. The summed E-state index contributed by atoms with van der Waals surface area (Å²) in [7, 11) is 2.12. The minimum atomic E-state index is 0.931. The van der Waals surface area contributed by atoms with E-state index in [0.29, 0.717) is 0 Å². The number of hydrogen-bond donors (Lipinski definition) is 0. The third-order valence-corrected chi connectivity index (χ3v) is 7.50. The average molecular weight is 438 g/mol. The fraction of sp³-hybridized carbons (Fsp3) is 0.0645. The molecule has 3 heteroatoms. The summed E-state index contributed by atoms with van der Waals surface area (Å²) in [5, 5.41) is 11.1. The monoisotopic (exact) mass is 437 g/mol. The van der Waals surface area contributed by atoms with Gasteiger partial charge in [-0.2, -0.15) is 4.40 Å². The van der Waals surface area contributed by atoms with Gasteiger partial charge in [-0.25, -0.2) is 4.57 Å². The summed E-state index contributed by atoms with van der Waals surface area (Å²) in [6.45, 7) is 2.19. The Balaban J connectivity index is 1.59. The molecular formula is C31H21N2O+. The molecule has 0 unspecified atom stereocenters. The number of aromatic nitrogens is 2. The normalized spacial score (nSPS) is 12.4. The second kappa shape index (κ2) is 6.15. The molecule has 0 aliphatic heterocycles. The number of hydrogen-bond acceptors (Lipinski definition) is 1. The van der Waals surface area contributed by atoms with Crippen LogP contribution >= 0.6 is 0 Å². The van der Waals surface area contributed by atoms with E-state index in [1.165, 1.54) is 54.4 Å². The molecule has 3 nitrogen and oxygen atoms in total. The van der Waals surface area contributed by atoms with Gasteiger partial charge in [0, 0.05) is 21.5 Å². The minimum Gasteiger partial charge on any atom is -0.456 e. The summed E-state index contributed by atoms with van der Waals surface area (Å²) in [6.07, 6.45) is 4.30. The molecule has 0 aliphatic rings.